The molecule has 1 aliphatic rings. The van der Waals surface area contributed by atoms with Gasteiger partial charge in [0.15, 0.2) is 0 Å². The van der Waals surface area contributed by atoms with Crippen molar-refractivity contribution >= 4 is 16.7 Å². The number of amides is 1. The summed E-state index contributed by atoms with van der Waals surface area (Å²) in [6.45, 7) is 5.05. The topological polar surface area (TPSA) is 61.8 Å². The largest absolute Gasteiger partial charge is 0.507 e. The summed E-state index contributed by atoms with van der Waals surface area (Å²) >= 11 is 0. The molecule has 0 atom stereocenters. The lowest BCUT2D eigenvalue weighted by molar-refractivity contribution is 0.0374. The standard InChI is InChI=1S/C18H21N2O3/c21-15-12-14-4-1-2-5-16(14)17(13-15)18(22)19-6-3-7-20-8-10-23-11-9-20/h1-2,4-5,12,21H,3,6-11H2,(H,19,22). The minimum atomic E-state index is -0.195. The number of hydrogen-bond acceptors (Lipinski definition) is 4. The van der Waals surface area contributed by atoms with Crippen molar-refractivity contribution in [2.75, 3.05) is 39.4 Å². The molecule has 121 valence electrons. The van der Waals surface area contributed by atoms with Gasteiger partial charge in [-0.3, -0.25) is 9.69 Å². The number of rotatable bonds is 5. The zero-order valence-corrected chi connectivity index (χ0v) is 13.0. The van der Waals surface area contributed by atoms with E-state index in [0.29, 0.717) is 12.1 Å². The quantitative estimate of drug-likeness (QED) is 0.826. The van der Waals surface area contributed by atoms with Gasteiger partial charge in [-0.05, 0) is 29.8 Å². The van der Waals surface area contributed by atoms with Crippen molar-refractivity contribution < 1.29 is 14.6 Å². The third-order valence-electron chi connectivity index (χ3n) is 4.04. The fourth-order valence-electron chi connectivity index (χ4n) is 2.83. The molecule has 0 bridgehead atoms. The van der Waals surface area contributed by atoms with Gasteiger partial charge in [0.2, 0.25) is 0 Å². The Labute approximate surface area is 135 Å². The molecule has 2 aromatic rings. The molecule has 2 N–H and O–H groups in total. The Balaban J connectivity index is 1.58. The summed E-state index contributed by atoms with van der Waals surface area (Å²) in [5.74, 6) is -0.207. The SMILES string of the molecule is O=C(NCCCN1CCOCC1)c1[c]c(O)cc2ccccc12. The number of benzene rings is 2. The molecule has 1 amide bonds. The smallest absolute Gasteiger partial charge is 0.252 e. The van der Waals surface area contributed by atoms with E-state index in [2.05, 4.69) is 16.3 Å². The monoisotopic (exact) mass is 313 g/mol. The summed E-state index contributed by atoms with van der Waals surface area (Å²) in [4.78, 5) is 14.7. The van der Waals surface area contributed by atoms with E-state index in [1.807, 2.05) is 24.3 Å². The Hall–Kier alpha value is -2.11. The second-order valence-electron chi connectivity index (χ2n) is 5.68. The molecule has 5 nitrogen and oxygen atoms in total. The highest BCUT2D eigenvalue weighted by Crippen LogP contribution is 2.23. The number of nitrogens with zero attached hydrogens (tertiary/aromatic N) is 1. The van der Waals surface area contributed by atoms with Crippen LogP contribution in [0.2, 0.25) is 0 Å². The van der Waals surface area contributed by atoms with Crippen LogP contribution in [0.5, 0.6) is 5.75 Å². The Kier molecular flexibility index (Phi) is 5.10. The van der Waals surface area contributed by atoms with E-state index in [0.717, 1.165) is 50.0 Å². The summed E-state index contributed by atoms with van der Waals surface area (Å²) < 4.78 is 5.31. The van der Waals surface area contributed by atoms with Gasteiger partial charge in [-0.1, -0.05) is 24.3 Å². The molecular formula is C18H21N2O3. The van der Waals surface area contributed by atoms with Crippen LogP contribution in [0, 0.1) is 6.07 Å². The molecule has 1 saturated heterocycles. The van der Waals surface area contributed by atoms with E-state index in [4.69, 9.17) is 4.74 Å². The molecule has 1 radical (unpaired) electrons. The fourth-order valence-corrected chi connectivity index (χ4v) is 2.83. The molecular weight excluding hydrogens is 292 g/mol. The molecule has 5 heteroatoms. The van der Waals surface area contributed by atoms with Gasteiger partial charge in [0.25, 0.3) is 5.91 Å². The molecule has 1 fully saturated rings. The van der Waals surface area contributed by atoms with Crippen molar-refractivity contribution in [3.63, 3.8) is 0 Å². The van der Waals surface area contributed by atoms with Crippen molar-refractivity contribution in [1.82, 2.24) is 10.2 Å². The number of nitrogens with one attached hydrogen (secondary N) is 1. The normalized spacial score (nSPS) is 15.7. The van der Waals surface area contributed by atoms with Gasteiger partial charge >= 0.3 is 0 Å². The average Bonchev–Trinajstić information content (AvgIpc) is 2.58. The van der Waals surface area contributed by atoms with Crippen molar-refractivity contribution in [3.8, 4) is 5.75 Å². The van der Waals surface area contributed by atoms with Crippen LogP contribution < -0.4 is 5.32 Å². The second-order valence-corrected chi connectivity index (χ2v) is 5.68. The first-order valence-electron chi connectivity index (χ1n) is 7.96. The summed E-state index contributed by atoms with van der Waals surface area (Å²) in [6, 6.07) is 11.9. The van der Waals surface area contributed by atoms with Crippen molar-refractivity contribution in [2.24, 2.45) is 0 Å². The zero-order valence-electron chi connectivity index (χ0n) is 13.0. The summed E-state index contributed by atoms with van der Waals surface area (Å²) in [6.07, 6.45) is 0.891. The molecule has 0 saturated carbocycles. The second kappa shape index (κ2) is 7.44. The summed E-state index contributed by atoms with van der Waals surface area (Å²) in [7, 11) is 0. The van der Waals surface area contributed by atoms with Gasteiger partial charge in [0.1, 0.15) is 5.75 Å². The maximum atomic E-state index is 12.4. The first kappa shape index (κ1) is 15.8. The molecule has 3 rings (SSSR count). The number of carbonyl (C=O) groups excluding carboxylic acids is 1. The minimum Gasteiger partial charge on any atom is -0.507 e. The molecule has 2 aromatic carbocycles. The molecule has 0 aromatic heterocycles. The first-order valence-corrected chi connectivity index (χ1v) is 7.96. The van der Waals surface area contributed by atoms with Crippen molar-refractivity contribution in [3.05, 3.63) is 42.0 Å². The zero-order chi connectivity index (χ0) is 16.1. The summed E-state index contributed by atoms with van der Waals surface area (Å²) in [5.41, 5.74) is 0.395. The number of phenols is 1. The molecule has 0 spiro atoms. The van der Waals surface area contributed by atoms with Crippen molar-refractivity contribution in [2.45, 2.75) is 6.42 Å². The lowest BCUT2D eigenvalue weighted by atomic mass is 10.0. The van der Waals surface area contributed by atoms with Crippen LogP contribution >= 0.6 is 0 Å². The van der Waals surface area contributed by atoms with Crippen LogP contribution in [0.4, 0.5) is 0 Å². The molecule has 0 aliphatic carbocycles. The third kappa shape index (κ3) is 4.00. The summed E-state index contributed by atoms with van der Waals surface area (Å²) in [5, 5.41) is 14.3. The van der Waals surface area contributed by atoms with Crippen LogP contribution in [0.3, 0.4) is 0 Å². The Morgan fingerprint density at radius 2 is 2.09 bits per heavy atom. The van der Waals surface area contributed by atoms with Crippen LogP contribution in [-0.4, -0.2) is 55.3 Å². The van der Waals surface area contributed by atoms with Crippen LogP contribution in [0.1, 0.15) is 16.8 Å². The number of hydrogen-bond donors (Lipinski definition) is 2. The van der Waals surface area contributed by atoms with E-state index in [9.17, 15) is 9.90 Å². The molecule has 23 heavy (non-hydrogen) atoms. The van der Waals surface area contributed by atoms with E-state index in [1.54, 1.807) is 6.07 Å². The van der Waals surface area contributed by atoms with Gasteiger partial charge in [-0.2, -0.15) is 0 Å². The van der Waals surface area contributed by atoms with Crippen LogP contribution in [-0.2, 0) is 4.74 Å². The number of morpholine rings is 1. The lowest BCUT2D eigenvalue weighted by Gasteiger charge is -2.26. The predicted molar refractivity (Wildman–Crippen MR) is 88.7 cm³/mol. The number of carbonyl (C=O) groups is 1. The molecule has 1 heterocycles. The fraction of sp³-hybridized carbons (Fsp3) is 0.389. The average molecular weight is 313 g/mol. The molecule has 0 unspecified atom stereocenters. The van der Waals surface area contributed by atoms with Gasteiger partial charge in [-0.15, -0.1) is 0 Å². The lowest BCUT2D eigenvalue weighted by Crippen LogP contribution is -2.38. The highest BCUT2D eigenvalue weighted by molar-refractivity contribution is 6.07. The number of ether oxygens (including phenoxy) is 1. The number of phenolic OH excluding ortho intramolecular Hbond substituents is 1. The van der Waals surface area contributed by atoms with Crippen molar-refractivity contribution in [1.29, 1.82) is 0 Å². The first-order chi connectivity index (χ1) is 11.2. The van der Waals surface area contributed by atoms with Gasteiger partial charge in [0.05, 0.1) is 18.8 Å². The maximum Gasteiger partial charge on any atom is 0.252 e. The minimum absolute atomic E-state index is 0.0119. The van der Waals surface area contributed by atoms with E-state index >= 15 is 0 Å². The van der Waals surface area contributed by atoms with E-state index in [-0.39, 0.29) is 11.7 Å². The molecule has 1 aliphatic heterocycles. The van der Waals surface area contributed by atoms with E-state index in [1.165, 1.54) is 0 Å². The Morgan fingerprint density at radius 3 is 2.91 bits per heavy atom. The highest BCUT2D eigenvalue weighted by atomic mass is 16.5. The van der Waals surface area contributed by atoms with Gasteiger partial charge in [-0.25, -0.2) is 0 Å². The van der Waals surface area contributed by atoms with Gasteiger partial charge in [0, 0.05) is 25.7 Å². The number of fused-ring (bicyclic) bond motifs is 1. The Bertz CT molecular complexity index is 681. The maximum absolute atomic E-state index is 12.4. The van der Waals surface area contributed by atoms with Gasteiger partial charge < -0.3 is 15.2 Å². The predicted octanol–water partition coefficient (Wildman–Crippen LogP) is 1.80. The van der Waals surface area contributed by atoms with Crippen LogP contribution in [0.15, 0.2) is 30.3 Å². The highest BCUT2D eigenvalue weighted by Gasteiger charge is 2.13. The van der Waals surface area contributed by atoms with Crippen LogP contribution in [0.25, 0.3) is 10.8 Å². The number of aromatic hydroxyl groups is 1. The Morgan fingerprint density at radius 1 is 1.30 bits per heavy atom. The third-order valence-corrected chi connectivity index (χ3v) is 4.04. The van der Waals surface area contributed by atoms with E-state index < -0.39 is 0 Å².